The van der Waals surface area contributed by atoms with Crippen molar-refractivity contribution in [3.8, 4) is 0 Å². The predicted octanol–water partition coefficient (Wildman–Crippen LogP) is 6.22. The molecule has 8 nitrogen and oxygen atoms in total. The molecule has 1 amide bonds. The number of amides is 1. The summed E-state index contributed by atoms with van der Waals surface area (Å²) in [4.78, 5) is 48.4. The topological polar surface area (TPSA) is 108 Å². The van der Waals surface area contributed by atoms with Crippen LogP contribution in [0.15, 0.2) is 0 Å². The first-order chi connectivity index (χ1) is 17.7. The molecule has 0 saturated heterocycles. The summed E-state index contributed by atoms with van der Waals surface area (Å²) in [6, 6.07) is -0.912. The molecule has 38 heavy (non-hydrogen) atoms. The molecule has 0 unspecified atom stereocenters. The van der Waals surface area contributed by atoms with Crippen molar-refractivity contribution >= 4 is 23.6 Å². The number of rotatable bonds is 21. The third-order valence-electron chi connectivity index (χ3n) is 5.89. The number of methoxy groups -OCH3 is 1. The third-order valence-corrected chi connectivity index (χ3v) is 5.89. The van der Waals surface area contributed by atoms with E-state index in [2.05, 4.69) is 30.8 Å². The van der Waals surface area contributed by atoms with Crippen molar-refractivity contribution in [3.05, 3.63) is 0 Å². The van der Waals surface area contributed by atoms with E-state index in [1.807, 2.05) is 0 Å². The molecule has 8 heteroatoms. The van der Waals surface area contributed by atoms with Gasteiger partial charge in [-0.3, -0.25) is 14.4 Å². The van der Waals surface area contributed by atoms with Crippen LogP contribution in [0, 0.1) is 0 Å². The van der Waals surface area contributed by atoms with Gasteiger partial charge in [-0.25, -0.2) is 4.79 Å². The van der Waals surface area contributed by atoms with Crippen LogP contribution in [0.4, 0.5) is 0 Å². The normalized spacial score (nSPS) is 12.6. The number of ether oxygens (including phenoxy) is 3. The fraction of sp³-hybridized carbons (Fsp3) is 0.867. The van der Waals surface area contributed by atoms with Gasteiger partial charge in [0, 0.05) is 32.3 Å². The van der Waals surface area contributed by atoms with Crippen molar-refractivity contribution in [2.75, 3.05) is 13.7 Å². The van der Waals surface area contributed by atoms with Crippen LogP contribution in [0.1, 0.15) is 138 Å². The maximum atomic E-state index is 12.4. The van der Waals surface area contributed by atoms with Crippen molar-refractivity contribution in [1.82, 2.24) is 5.32 Å². The summed E-state index contributed by atoms with van der Waals surface area (Å²) in [6.07, 6.45) is 11.8. The predicted molar refractivity (Wildman–Crippen MR) is 150 cm³/mol. The highest BCUT2D eigenvalue weighted by atomic mass is 16.6. The zero-order valence-corrected chi connectivity index (χ0v) is 25.2. The number of hydrogen-bond acceptors (Lipinski definition) is 7. The summed E-state index contributed by atoms with van der Waals surface area (Å²) < 4.78 is 15.7. The first kappa shape index (κ1) is 36.0. The smallest absolute Gasteiger partial charge is 0.329 e. The second-order valence-corrected chi connectivity index (χ2v) is 12.1. The van der Waals surface area contributed by atoms with Gasteiger partial charge in [0.05, 0.1) is 12.7 Å². The Labute approximate surface area is 231 Å². The Kier molecular flexibility index (Phi) is 19.0. The van der Waals surface area contributed by atoms with Crippen LogP contribution in [-0.4, -0.2) is 54.6 Å². The highest BCUT2D eigenvalue weighted by Crippen LogP contribution is 2.14. The molecule has 0 aliphatic heterocycles. The molecule has 0 heterocycles. The molecule has 0 saturated carbocycles. The molecule has 0 aliphatic carbocycles. The average Bonchev–Trinajstić information content (AvgIpc) is 2.80. The van der Waals surface area contributed by atoms with E-state index in [9.17, 15) is 19.2 Å². The second kappa shape index (κ2) is 20.0. The van der Waals surface area contributed by atoms with Gasteiger partial charge in [-0.05, 0) is 73.6 Å². The zero-order chi connectivity index (χ0) is 29.0. The lowest BCUT2D eigenvalue weighted by molar-refractivity contribution is -0.159. The maximum absolute atomic E-state index is 12.4. The minimum atomic E-state index is -0.912. The molecule has 0 rings (SSSR count). The monoisotopic (exact) mass is 541 g/mol. The van der Waals surface area contributed by atoms with Crippen LogP contribution in [0.25, 0.3) is 0 Å². The van der Waals surface area contributed by atoms with Gasteiger partial charge in [-0.15, -0.1) is 0 Å². The van der Waals surface area contributed by atoms with Crippen molar-refractivity contribution < 1.29 is 33.4 Å². The maximum Gasteiger partial charge on any atom is 0.329 e. The van der Waals surface area contributed by atoms with E-state index < -0.39 is 23.6 Å². The first-order valence-corrected chi connectivity index (χ1v) is 14.5. The number of hydrogen-bond donors (Lipinski definition) is 1. The van der Waals surface area contributed by atoms with Crippen LogP contribution >= 0.6 is 0 Å². The van der Waals surface area contributed by atoms with Gasteiger partial charge in [0.1, 0.15) is 17.4 Å². The van der Waals surface area contributed by atoms with Crippen LogP contribution in [-0.2, 0) is 33.4 Å². The molecule has 0 aliphatic rings. The fourth-order valence-corrected chi connectivity index (χ4v) is 3.85. The number of carbonyl (C=O) groups is 4. The lowest BCUT2D eigenvalue weighted by Crippen LogP contribution is -2.44. The van der Waals surface area contributed by atoms with Crippen LogP contribution < -0.4 is 5.32 Å². The Morgan fingerprint density at radius 1 is 0.658 bits per heavy atom. The fourth-order valence-electron chi connectivity index (χ4n) is 3.85. The standard InChI is InChI=1S/C30H55NO7/c1-29(2,3)37-23-17-13-11-9-8-10-12-14-18-24(32)19-15-16-20-26(33)31-25(21-22-27(34)36-7)28(35)38-30(4,5)6/h25H,8-23H2,1-7H3,(H,31,33)/t25-/m0/s1. The summed E-state index contributed by atoms with van der Waals surface area (Å²) in [5.74, 6) is -1.08. The molecule has 0 fully saturated rings. The molecule has 0 spiro atoms. The first-order valence-electron chi connectivity index (χ1n) is 14.5. The molecule has 0 bridgehead atoms. The molecule has 0 radical (unpaired) electrons. The summed E-state index contributed by atoms with van der Waals surface area (Å²) >= 11 is 0. The van der Waals surface area contributed by atoms with E-state index in [-0.39, 0.29) is 36.6 Å². The molecular weight excluding hydrogens is 486 g/mol. The van der Waals surface area contributed by atoms with E-state index in [1.54, 1.807) is 20.8 Å². The number of esters is 2. The number of carbonyl (C=O) groups excluding carboxylic acids is 4. The van der Waals surface area contributed by atoms with Gasteiger partial charge in [-0.1, -0.05) is 38.5 Å². The zero-order valence-electron chi connectivity index (χ0n) is 25.2. The molecule has 222 valence electrons. The van der Waals surface area contributed by atoms with E-state index in [1.165, 1.54) is 39.2 Å². The summed E-state index contributed by atoms with van der Waals surface area (Å²) in [7, 11) is 1.28. The average molecular weight is 542 g/mol. The van der Waals surface area contributed by atoms with Crippen LogP contribution in [0.5, 0.6) is 0 Å². The van der Waals surface area contributed by atoms with Gasteiger partial charge in [0.2, 0.25) is 5.91 Å². The van der Waals surface area contributed by atoms with Gasteiger partial charge in [0.25, 0.3) is 0 Å². The highest BCUT2D eigenvalue weighted by Gasteiger charge is 2.27. The van der Waals surface area contributed by atoms with Gasteiger partial charge >= 0.3 is 11.9 Å². The molecule has 0 aromatic carbocycles. The number of unbranched alkanes of at least 4 members (excludes halogenated alkanes) is 8. The largest absolute Gasteiger partial charge is 0.469 e. The van der Waals surface area contributed by atoms with E-state index in [0.29, 0.717) is 25.7 Å². The van der Waals surface area contributed by atoms with Crippen molar-refractivity contribution in [1.29, 1.82) is 0 Å². The van der Waals surface area contributed by atoms with Gasteiger partial charge in [-0.2, -0.15) is 0 Å². The van der Waals surface area contributed by atoms with Crippen LogP contribution in [0.2, 0.25) is 0 Å². The van der Waals surface area contributed by atoms with Gasteiger partial charge in [0.15, 0.2) is 0 Å². The van der Waals surface area contributed by atoms with Crippen molar-refractivity contribution in [2.24, 2.45) is 0 Å². The second-order valence-electron chi connectivity index (χ2n) is 12.1. The highest BCUT2D eigenvalue weighted by molar-refractivity contribution is 5.85. The summed E-state index contributed by atoms with van der Waals surface area (Å²) in [5.41, 5.74) is -0.750. The Morgan fingerprint density at radius 2 is 1.16 bits per heavy atom. The van der Waals surface area contributed by atoms with Gasteiger partial charge < -0.3 is 19.5 Å². The lowest BCUT2D eigenvalue weighted by Gasteiger charge is -2.24. The third kappa shape index (κ3) is 23.2. The summed E-state index contributed by atoms with van der Waals surface area (Å²) in [6.45, 7) is 12.3. The molecular formula is C30H55NO7. The molecule has 1 N–H and O–H groups in total. The quantitative estimate of drug-likeness (QED) is 0.136. The Balaban J connectivity index is 3.96. The van der Waals surface area contributed by atoms with Crippen molar-refractivity contribution in [2.45, 2.75) is 155 Å². The van der Waals surface area contributed by atoms with Crippen LogP contribution in [0.3, 0.4) is 0 Å². The number of Topliss-reactive ketones (excluding diaryl/α,β-unsaturated/α-hetero) is 1. The molecule has 0 aromatic rings. The number of nitrogens with one attached hydrogen (secondary N) is 1. The summed E-state index contributed by atoms with van der Waals surface area (Å²) in [5, 5.41) is 2.67. The number of ketones is 1. The lowest BCUT2D eigenvalue weighted by atomic mass is 10.0. The van der Waals surface area contributed by atoms with E-state index >= 15 is 0 Å². The minimum absolute atomic E-state index is 0.00226. The Morgan fingerprint density at radius 3 is 1.68 bits per heavy atom. The van der Waals surface area contributed by atoms with E-state index in [0.717, 1.165) is 25.9 Å². The van der Waals surface area contributed by atoms with Crippen molar-refractivity contribution in [3.63, 3.8) is 0 Å². The Bertz CT molecular complexity index is 692. The molecule has 1 atom stereocenters. The Hall–Kier alpha value is -1.96. The molecule has 0 aromatic heterocycles. The van der Waals surface area contributed by atoms with E-state index in [4.69, 9.17) is 9.47 Å². The SMILES string of the molecule is COC(=O)CC[C@H](NC(=O)CCCCC(=O)CCCCCCCCCCOC(C)(C)C)C(=O)OC(C)(C)C. The minimum Gasteiger partial charge on any atom is -0.469 e.